The van der Waals surface area contributed by atoms with E-state index in [0.29, 0.717) is 17.5 Å². The molecule has 1 heterocycles. The Kier molecular flexibility index (Phi) is 13.8. The monoisotopic (exact) mass is 381 g/mol. The van der Waals surface area contributed by atoms with Crippen LogP contribution in [0.4, 0.5) is 13.2 Å². The lowest BCUT2D eigenvalue weighted by molar-refractivity contribution is -0.187. The number of carbonyl (C=O) groups is 1. The van der Waals surface area contributed by atoms with E-state index in [0.717, 1.165) is 12.5 Å². The van der Waals surface area contributed by atoms with Crippen molar-refractivity contribution < 1.29 is 51.3 Å². The molecule has 148 valence electrons. The van der Waals surface area contributed by atoms with Gasteiger partial charge in [0.2, 0.25) is 6.10 Å². The van der Waals surface area contributed by atoms with E-state index < -0.39 is 23.8 Å². The maximum Gasteiger partial charge on any atom is 0.430 e. The van der Waals surface area contributed by atoms with Crippen LogP contribution in [0.5, 0.6) is 5.75 Å². The molecule has 1 unspecified atom stereocenters. The Bertz CT molecular complexity index is 572. The molecule has 0 amide bonds. The minimum Gasteiger partial charge on any atom is -1.00 e. The van der Waals surface area contributed by atoms with Crippen LogP contribution in [-0.4, -0.2) is 23.4 Å². The molecular formula is C14H13F8O3-5. The van der Waals surface area contributed by atoms with Crippen molar-refractivity contribution in [2.75, 3.05) is 0 Å². The number of carboxylic acids is 1. The number of rotatable bonds is 3. The molecule has 0 fully saturated rings. The Labute approximate surface area is 137 Å². The van der Waals surface area contributed by atoms with Gasteiger partial charge in [-0.2, -0.15) is 13.2 Å². The molecule has 25 heavy (non-hydrogen) atoms. The van der Waals surface area contributed by atoms with Gasteiger partial charge >= 0.3 is 12.1 Å². The highest BCUT2D eigenvalue weighted by Gasteiger charge is 2.48. The molecule has 0 spiro atoms. The molecule has 1 N–H and O–H groups in total. The van der Waals surface area contributed by atoms with Crippen molar-refractivity contribution >= 4 is 12.0 Å². The van der Waals surface area contributed by atoms with Gasteiger partial charge in [0.15, 0.2) is 0 Å². The fraction of sp³-hybridized carbons (Fsp3) is 0.357. The van der Waals surface area contributed by atoms with Crippen molar-refractivity contribution in [1.29, 1.82) is 0 Å². The number of carboxylic acid groups (broad SMARTS) is 1. The summed E-state index contributed by atoms with van der Waals surface area (Å²) in [5.74, 6) is -1.50. The lowest BCUT2D eigenvalue weighted by Crippen LogP contribution is -3.00. The first-order valence-corrected chi connectivity index (χ1v) is 6.14. The highest BCUT2D eigenvalue weighted by Crippen LogP contribution is 2.39. The molecule has 0 bridgehead atoms. The zero-order valence-corrected chi connectivity index (χ0v) is 12.6. The van der Waals surface area contributed by atoms with E-state index in [4.69, 9.17) is 9.84 Å². The normalized spacial score (nSPS) is 14.4. The Hall–Kier alpha value is -2.33. The van der Waals surface area contributed by atoms with Crippen molar-refractivity contribution in [2.45, 2.75) is 32.0 Å². The molecule has 2 rings (SSSR count). The van der Waals surface area contributed by atoms with E-state index in [1.165, 1.54) is 0 Å². The quantitative estimate of drug-likeness (QED) is 0.530. The summed E-state index contributed by atoms with van der Waals surface area (Å²) in [4.78, 5) is 11.0. The lowest BCUT2D eigenvalue weighted by atomic mass is 9.97. The highest BCUT2D eigenvalue weighted by molar-refractivity contribution is 5.95. The average molecular weight is 381 g/mol. The third-order valence-electron chi connectivity index (χ3n) is 3.02. The second-order valence-corrected chi connectivity index (χ2v) is 4.53. The largest absolute Gasteiger partial charge is 1.00 e. The minimum absolute atomic E-state index is 0. The third kappa shape index (κ3) is 6.24. The van der Waals surface area contributed by atoms with Gasteiger partial charge in [0, 0.05) is 5.56 Å². The molecule has 0 radical (unpaired) electrons. The van der Waals surface area contributed by atoms with Crippen LogP contribution in [0.15, 0.2) is 23.8 Å². The van der Waals surface area contributed by atoms with Crippen molar-refractivity contribution in [3.05, 3.63) is 34.9 Å². The number of halogens is 8. The molecule has 0 saturated heterocycles. The molecule has 0 aromatic heterocycles. The third-order valence-corrected chi connectivity index (χ3v) is 3.02. The van der Waals surface area contributed by atoms with Gasteiger partial charge in [0.25, 0.3) is 0 Å². The van der Waals surface area contributed by atoms with Crippen LogP contribution in [0.3, 0.4) is 0 Å². The average Bonchev–Trinajstić information content (AvgIpc) is 2.37. The summed E-state index contributed by atoms with van der Waals surface area (Å²) in [7, 11) is 0. The van der Waals surface area contributed by atoms with Crippen LogP contribution in [0.1, 0.15) is 24.5 Å². The summed E-state index contributed by atoms with van der Waals surface area (Å²) in [5.41, 5.74) is 0.229. The van der Waals surface area contributed by atoms with Crippen molar-refractivity contribution in [3.8, 4) is 5.75 Å². The second kappa shape index (κ2) is 11.3. The van der Waals surface area contributed by atoms with Gasteiger partial charge in [-0.3, -0.25) is 0 Å². The SMILES string of the molecule is CCCc1cccc2c1OC(C(F)(F)F)C(C(=O)O)=C2.[F-].[F-].[F-].[F-].[F-]. The Morgan fingerprint density at radius 3 is 2.16 bits per heavy atom. The van der Waals surface area contributed by atoms with Crippen LogP contribution in [0.2, 0.25) is 0 Å². The van der Waals surface area contributed by atoms with Gasteiger partial charge in [-0.15, -0.1) is 0 Å². The summed E-state index contributed by atoms with van der Waals surface area (Å²) in [5, 5.41) is 8.92. The first kappa shape index (κ1) is 30.5. The summed E-state index contributed by atoms with van der Waals surface area (Å²) < 4.78 is 43.8. The number of hydrogen-bond donors (Lipinski definition) is 1. The van der Waals surface area contributed by atoms with E-state index in [9.17, 15) is 18.0 Å². The fourth-order valence-electron chi connectivity index (χ4n) is 2.17. The highest BCUT2D eigenvalue weighted by atomic mass is 19.4. The summed E-state index contributed by atoms with van der Waals surface area (Å²) in [6, 6.07) is 4.91. The van der Waals surface area contributed by atoms with Gasteiger partial charge < -0.3 is 33.4 Å². The van der Waals surface area contributed by atoms with Gasteiger partial charge in [0.1, 0.15) is 5.75 Å². The first-order chi connectivity index (χ1) is 9.34. The number of aryl methyl sites for hydroxylation is 1. The fourth-order valence-corrected chi connectivity index (χ4v) is 2.17. The minimum atomic E-state index is -4.76. The molecule has 11 heteroatoms. The van der Waals surface area contributed by atoms with Crippen molar-refractivity contribution in [3.63, 3.8) is 0 Å². The Morgan fingerprint density at radius 2 is 1.72 bits per heavy atom. The molecule has 1 aliphatic heterocycles. The van der Waals surface area contributed by atoms with E-state index in [2.05, 4.69) is 0 Å². The molecule has 1 aromatic rings. The maximum absolute atomic E-state index is 12.9. The predicted octanol–water partition coefficient (Wildman–Crippen LogP) is -11.5. The van der Waals surface area contributed by atoms with Crippen LogP contribution in [0.25, 0.3) is 6.08 Å². The van der Waals surface area contributed by atoms with Crippen molar-refractivity contribution in [1.82, 2.24) is 0 Å². The van der Waals surface area contributed by atoms with E-state index in [-0.39, 0.29) is 29.3 Å². The topological polar surface area (TPSA) is 46.5 Å². The molecule has 3 nitrogen and oxygen atoms in total. The molecular weight excluding hydrogens is 368 g/mol. The second-order valence-electron chi connectivity index (χ2n) is 4.53. The summed E-state index contributed by atoms with van der Waals surface area (Å²) in [6.45, 7) is 1.90. The number of ether oxygens (including phenoxy) is 1. The van der Waals surface area contributed by atoms with Crippen LogP contribution in [0, 0.1) is 0 Å². The molecule has 0 aliphatic carbocycles. The Morgan fingerprint density at radius 1 is 1.16 bits per heavy atom. The summed E-state index contributed by atoms with van der Waals surface area (Å²) >= 11 is 0. The number of para-hydroxylation sites is 1. The predicted molar refractivity (Wildman–Crippen MR) is 66.5 cm³/mol. The molecule has 1 aromatic carbocycles. The van der Waals surface area contributed by atoms with Crippen LogP contribution < -0.4 is 28.3 Å². The molecule has 0 saturated carbocycles. The molecule has 1 aliphatic rings. The molecule has 1 atom stereocenters. The standard InChI is InChI=1S/C14H13F3O3.5FH/c1-2-4-8-5-3-6-9-7-10(13(18)19)12(14(15,16)17)20-11(8)9;;;;;/h3,5-7,12H,2,4H2,1H3,(H,18,19);5*1H/p-5. The van der Waals surface area contributed by atoms with E-state index in [1.54, 1.807) is 18.2 Å². The zero-order chi connectivity index (χ0) is 14.9. The number of hydrogen-bond acceptors (Lipinski definition) is 2. The van der Waals surface area contributed by atoms with Gasteiger partial charge in [-0.05, 0) is 18.1 Å². The number of aliphatic carboxylic acids is 1. The van der Waals surface area contributed by atoms with E-state index in [1.807, 2.05) is 6.92 Å². The van der Waals surface area contributed by atoms with E-state index >= 15 is 0 Å². The van der Waals surface area contributed by atoms with Gasteiger partial charge in [-0.1, -0.05) is 31.5 Å². The number of fused-ring (bicyclic) bond motifs is 1. The number of alkyl halides is 3. The first-order valence-electron chi connectivity index (χ1n) is 6.14. The van der Waals surface area contributed by atoms with Crippen LogP contribution in [-0.2, 0) is 11.2 Å². The zero-order valence-electron chi connectivity index (χ0n) is 12.6. The maximum atomic E-state index is 12.9. The lowest BCUT2D eigenvalue weighted by Gasteiger charge is -2.28. The van der Waals surface area contributed by atoms with Crippen LogP contribution >= 0.6 is 0 Å². The smallest absolute Gasteiger partial charge is 0.430 e. The van der Waals surface area contributed by atoms with Crippen molar-refractivity contribution in [2.24, 2.45) is 0 Å². The summed E-state index contributed by atoms with van der Waals surface area (Å²) in [6.07, 6.45) is -4.82. The number of benzene rings is 1. The van der Waals surface area contributed by atoms with Gasteiger partial charge in [0.05, 0.1) is 5.57 Å². The Balaban J connectivity index is -0.000000441. The van der Waals surface area contributed by atoms with Gasteiger partial charge in [-0.25, -0.2) is 4.79 Å².